The topological polar surface area (TPSA) is 360 Å². The Kier molecular flexibility index (Phi) is 24.5. The highest BCUT2D eigenvalue weighted by molar-refractivity contribution is 6.00. The number of benzene rings is 1. The molecule has 23 heteroatoms. The molecule has 0 spiro atoms. The van der Waals surface area contributed by atoms with Gasteiger partial charge in [-0.1, -0.05) is 88.4 Å². The van der Waals surface area contributed by atoms with E-state index in [4.69, 9.17) is 16.2 Å². The van der Waals surface area contributed by atoms with Crippen LogP contribution in [-0.4, -0.2) is 136 Å². The molecule has 2 unspecified atom stereocenters. The number of carboxylic acids is 2. The van der Waals surface area contributed by atoms with Crippen molar-refractivity contribution in [2.75, 3.05) is 13.6 Å². The number of allylic oxidation sites excluding steroid dienone is 2. The Hall–Kier alpha value is -7.59. The summed E-state index contributed by atoms with van der Waals surface area (Å²) in [5.41, 5.74) is 9.78. The Morgan fingerprint density at radius 2 is 1.55 bits per heavy atom. The molecule has 1 heterocycles. The average Bonchev–Trinajstić information content (AvgIpc) is 3.30. The van der Waals surface area contributed by atoms with Crippen molar-refractivity contribution in [1.82, 2.24) is 36.8 Å². The molecule has 0 bridgehead atoms. The minimum Gasteiger partial charge on any atom is -0.480 e. The molecule has 1 saturated heterocycles. The molecule has 1 aromatic rings. The molecule has 12 N–H and O–H groups in total. The summed E-state index contributed by atoms with van der Waals surface area (Å²) >= 11 is 0. The second-order valence-electron chi connectivity index (χ2n) is 18.9. The number of aliphatic carboxylic acids is 2. The number of ether oxygens (including phenoxy) is 1. The Balaban J connectivity index is 2.76. The van der Waals surface area contributed by atoms with E-state index in [2.05, 4.69) is 43.5 Å². The minimum absolute atomic E-state index is 0.00203. The van der Waals surface area contributed by atoms with Crippen LogP contribution in [0.3, 0.4) is 0 Å². The van der Waals surface area contributed by atoms with Crippen molar-refractivity contribution in [3.63, 3.8) is 0 Å². The van der Waals surface area contributed by atoms with Gasteiger partial charge >= 0.3 is 17.9 Å². The van der Waals surface area contributed by atoms with Crippen molar-refractivity contribution in [3.05, 3.63) is 72.0 Å². The van der Waals surface area contributed by atoms with Crippen LogP contribution in [0, 0.1) is 17.8 Å². The minimum atomic E-state index is -2.32. The number of carbonyl (C=O) groups is 10. The molecule has 402 valence electrons. The first kappa shape index (κ1) is 61.5. The fraction of sp³-hybridized carbons (Fsp3) is 0.540. The van der Waals surface area contributed by atoms with Crippen LogP contribution in [0.2, 0.25) is 0 Å². The Morgan fingerprint density at radius 3 is 2.12 bits per heavy atom. The van der Waals surface area contributed by atoms with Gasteiger partial charge in [0.15, 0.2) is 5.96 Å². The lowest BCUT2D eigenvalue weighted by Gasteiger charge is -2.30. The van der Waals surface area contributed by atoms with Gasteiger partial charge in [-0.15, -0.1) is 0 Å². The van der Waals surface area contributed by atoms with Crippen LogP contribution in [0.25, 0.3) is 0 Å². The van der Waals surface area contributed by atoms with E-state index in [0.717, 1.165) is 17.4 Å². The molecule has 1 aliphatic heterocycles. The van der Waals surface area contributed by atoms with Crippen molar-refractivity contribution in [1.29, 1.82) is 0 Å². The van der Waals surface area contributed by atoms with Crippen molar-refractivity contribution in [2.45, 2.75) is 142 Å². The summed E-state index contributed by atoms with van der Waals surface area (Å²) in [7, 11) is 1.20. The predicted octanol–water partition coefficient (Wildman–Crippen LogP) is 0.679. The summed E-state index contributed by atoms with van der Waals surface area (Å²) in [6.07, 6.45) is 2.76. The van der Waals surface area contributed by atoms with E-state index in [1.807, 2.05) is 43.3 Å². The first-order valence-corrected chi connectivity index (χ1v) is 23.9. The molecule has 0 radical (unpaired) electrons. The van der Waals surface area contributed by atoms with Crippen LogP contribution >= 0.6 is 0 Å². The van der Waals surface area contributed by atoms with Crippen molar-refractivity contribution >= 4 is 65.2 Å². The first-order valence-electron chi connectivity index (χ1n) is 23.9. The SMILES string of the molecule is C=C1C(=O)N[C@H](C)C(=O)NC(CC(C)C)C(=O)N[C@@](C)(C(=O)O)CC(=O)NC(CCCN=C(N)N)C(=O)N[C@@H](/C=C/C(C)=C/[C@H](C)[C@H](Cc2ccccc2)OC(C)=O)[C@H](C)C(=O)N[C@@H](C(=O)O)CCC(=O)N1C. The maximum atomic E-state index is 14.4. The predicted molar refractivity (Wildman–Crippen MR) is 269 cm³/mol. The number of aliphatic imine (C=N–C) groups is 1. The lowest BCUT2D eigenvalue weighted by molar-refractivity contribution is -0.149. The van der Waals surface area contributed by atoms with Gasteiger partial charge in [0.05, 0.1) is 18.4 Å². The summed E-state index contributed by atoms with van der Waals surface area (Å²) in [5.74, 6) is -12.1. The molecule has 0 saturated carbocycles. The van der Waals surface area contributed by atoms with E-state index >= 15 is 0 Å². The van der Waals surface area contributed by atoms with Gasteiger partial charge in [-0.25, -0.2) is 9.59 Å². The number of esters is 1. The summed E-state index contributed by atoms with van der Waals surface area (Å²) in [5, 5.41) is 35.5. The number of hydrogen-bond donors (Lipinski definition) is 10. The molecule has 1 aromatic carbocycles. The maximum Gasteiger partial charge on any atom is 0.329 e. The van der Waals surface area contributed by atoms with Crippen molar-refractivity contribution in [2.24, 2.45) is 34.2 Å². The molecule has 7 amide bonds. The van der Waals surface area contributed by atoms with E-state index in [9.17, 15) is 58.2 Å². The van der Waals surface area contributed by atoms with E-state index in [-0.39, 0.29) is 43.6 Å². The number of carbonyl (C=O) groups excluding carboxylic acids is 8. The zero-order valence-electron chi connectivity index (χ0n) is 43.1. The monoisotopic (exact) mass is 1020 g/mol. The number of hydrogen-bond acceptors (Lipinski definition) is 12. The van der Waals surface area contributed by atoms with E-state index in [1.54, 1.807) is 26.8 Å². The van der Waals surface area contributed by atoms with Gasteiger partial charge in [0.2, 0.25) is 35.4 Å². The summed E-state index contributed by atoms with van der Waals surface area (Å²) in [4.78, 5) is 138. The van der Waals surface area contributed by atoms with Gasteiger partial charge < -0.3 is 63.2 Å². The highest BCUT2D eigenvalue weighted by atomic mass is 16.5. The van der Waals surface area contributed by atoms with Crippen molar-refractivity contribution < 1.29 is 62.9 Å². The molecule has 2 rings (SSSR count). The van der Waals surface area contributed by atoms with Crippen LogP contribution in [0.15, 0.2) is 71.4 Å². The molecular formula is C50H74N10O13. The third-order valence-corrected chi connectivity index (χ3v) is 11.9. The Bertz CT molecular complexity index is 2280. The number of guanidine groups is 1. The van der Waals surface area contributed by atoms with Gasteiger partial charge in [-0.05, 0) is 57.9 Å². The van der Waals surface area contributed by atoms with Gasteiger partial charge in [0, 0.05) is 39.3 Å². The second kappa shape index (κ2) is 29.1. The maximum absolute atomic E-state index is 14.4. The van der Waals surface area contributed by atoms with Crippen LogP contribution in [-0.2, 0) is 59.1 Å². The number of nitrogens with zero attached hydrogens (tertiary/aromatic N) is 2. The number of nitrogens with two attached hydrogens (primary N) is 2. The zero-order chi connectivity index (χ0) is 55.3. The van der Waals surface area contributed by atoms with E-state index in [1.165, 1.54) is 33.9 Å². The molecule has 0 aromatic heterocycles. The van der Waals surface area contributed by atoms with Gasteiger partial charge in [0.25, 0.3) is 5.91 Å². The lowest BCUT2D eigenvalue weighted by Crippen LogP contribution is -2.61. The highest BCUT2D eigenvalue weighted by Gasteiger charge is 2.41. The molecule has 1 fully saturated rings. The number of nitrogens with one attached hydrogen (secondary N) is 6. The number of amides is 7. The van der Waals surface area contributed by atoms with Crippen LogP contribution in [0.5, 0.6) is 0 Å². The fourth-order valence-corrected chi connectivity index (χ4v) is 7.51. The molecule has 9 atom stereocenters. The molecule has 23 nitrogen and oxygen atoms in total. The van der Waals surface area contributed by atoms with E-state index in [0.29, 0.717) is 12.0 Å². The van der Waals surface area contributed by atoms with Gasteiger partial charge in [-0.2, -0.15) is 0 Å². The summed E-state index contributed by atoms with van der Waals surface area (Å²) < 4.78 is 5.67. The van der Waals surface area contributed by atoms with Crippen LogP contribution in [0.4, 0.5) is 0 Å². The molecular weight excluding hydrogens is 949 g/mol. The third kappa shape index (κ3) is 21.0. The Morgan fingerprint density at radius 1 is 0.904 bits per heavy atom. The molecule has 1 aliphatic rings. The number of rotatable bonds is 15. The second-order valence-corrected chi connectivity index (χ2v) is 18.9. The number of likely N-dealkylation sites (N-methyl/N-ethyl adjacent to an activating group) is 1. The zero-order valence-corrected chi connectivity index (χ0v) is 43.1. The lowest BCUT2D eigenvalue weighted by atomic mass is 9.94. The van der Waals surface area contributed by atoms with Gasteiger partial charge in [-0.3, -0.25) is 43.3 Å². The van der Waals surface area contributed by atoms with E-state index < -0.39 is 132 Å². The highest BCUT2D eigenvalue weighted by Crippen LogP contribution is 2.20. The number of carboxylic acid groups (broad SMARTS) is 2. The largest absolute Gasteiger partial charge is 0.480 e. The third-order valence-electron chi connectivity index (χ3n) is 11.9. The fourth-order valence-electron chi connectivity index (χ4n) is 7.51. The quantitative estimate of drug-likeness (QED) is 0.0288. The molecule has 73 heavy (non-hydrogen) atoms. The first-order chi connectivity index (χ1) is 34.0. The normalized spacial score (nSPS) is 24.8. The van der Waals surface area contributed by atoms with Crippen LogP contribution in [0.1, 0.15) is 99.5 Å². The van der Waals surface area contributed by atoms with Crippen molar-refractivity contribution in [3.8, 4) is 0 Å². The smallest absolute Gasteiger partial charge is 0.329 e. The molecule has 0 aliphatic carbocycles. The summed E-state index contributed by atoms with van der Waals surface area (Å²) in [6.45, 7) is 15.7. The Labute approximate surface area is 425 Å². The van der Waals surface area contributed by atoms with Gasteiger partial charge in [0.1, 0.15) is 41.5 Å². The average molecular weight is 1020 g/mol. The summed E-state index contributed by atoms with van der Waals surface area (Å²) in [6, 6.07) is 2.33. The standard InChI is InChI=1S/C50H74N10O13/c1-27(2)23-38-46(68)59-50(9,48(71)72)26-40(62)55-36(17-14-22-53-49(51)52)45(67)56-35(19-18-28(3)24-29(4)39(73-33(8)61)25-34-15-12-11-13-16-34)30(5)42(64)57-37(47(69)70)20-21-41(63)60(10)32(7)44(66)54-31(6)43(65)58-38/h11-13,15-16,18-19,24,27,29-31,35-39H,7,14,17,20-23,25-26H2,1-6,8-10H3,(H,54,66)(H,55,62)(H,56,67)(H,57,64)(H,58,65)(H,59,68)(H,69,70)(H,71,72)(H4,51,52,53)/b19-18+,28-24+/t29-,30-,31+,35-,36?,37+,38?,39-,50+/m0/s1. The van der Waals surface area contributed by atoms with Crippen LogP contribution < -0.4 is 43.4 Å².